The van der Waals surface area contributed by atoms with Crippen LogP contribution in [0.4, 0.5) is 5.82 Å². The lowest BCUT2D eigenvalue weighted by molar-refractivity contribution is 0.768. The number of nitrogen functional groups attached to an aromatic ring is 1. The van der Waals surface area contributed by atoms with Crippen molar-refractivity contribution in [2.75, 3.05) is 5.43 Å². The number of aromatic nitrogens is 4. The number of anilines is 1. The monoisotopic (exact) mass is 232 g/mol. The van der Waals surface area contributed by atoms with Crippen molar-refractivity contribution in [3.63, 3.8) is 0 Å². The van der Waals surface area contributed by atoms with Crippen molar-refractivity contribution in [1.29, 1.82) is 0 Å². The van der Waals surface area contributed by atoms with Crippen LogP contribution in [0.15, 0.2) is 12.3 Å². The molecule has 0 fully saturated rings. The van der Waals surface area contributed by atoms with Gasteiger partial charge in [0.1, 0.15) is 11.5 Å². The summed E-state index contributed by atoms with van der Waals surface area (Å²) in [5.41, 5.74) is 5.31. The fourth-order valence-corrected chi connectivity index (χ4v) is 1.70. The minimum atomic E-state index is 0.598. The van der Waals surface area contributed by atoms with E-state index in [1.54, 1.807) is 4.68 Å². The van der Waals surface area contributed by atoms with Crippen LogP contribution < -0.4 is 11.3 Å². The molecule has 0 aliphatic carbocycles. The standard InChI is InChI=1S/C11H16N6/c1-4-8-7(2)10(15-12)14-11(13-8)9-5-6-17(3)16-9/h5-6H,4,12H2,1-3H3,(H,13,14,15). The molecule has 0 atom stereocenters. The molecule has 0 saturated carbocycles. The van der Waals surface area contributed by atoms with Crippen molar-refractivity contribution in [3.8, 4) is 11.5 Å². The third-order valence-corrected chi connectivity index (χ3v) is 2.66. The molecule has 6 nitrogen and oxygen atoms in total. The van der Waals surface area contributed by atoms with Gasteiger partial charge in [-0.25, -0.2) is 15.8 Å². The van der Waals surface area contributed by atoms with E-state index in [9.17, 15) is 0 Å². The lowest BCUT2D eigenvalue weighted by Gasteiger charge is -2.09. The van der Waals surface area contributed by atoms with E-state index in [0.29, 0.717) is 11.6 Å². The van der Waals surface area contributed by atoms with E-state index in [1.165, 1.54) is 0 Å². The number of hydrogen-bond donors (Lipinski definition) is 2. The maximum absolute atomic E-state index is 5.46. The lowest BCUT2D eigenvalue weighted by atomic mass is 10.2. The highest BCUT2D eigenvalue weighted by Gasteiger charge is 2.11. The summed E-state index contributed by atoms with van der Waals surface area (Å²) in [5.74, 6) is 6.71. The molecule has 0 radical (unpaired) electrons. The van der Waals surface area contributed by atoms with Gasteiger partial charge in [-0.2, -0.15) is 5.10 Å². The zero-order valence-electron chi connectivity index (χ0n) is 10.2. The molecule has 0 aliphatic heterocycles. The average Bonchev–Trinajstić information content (AvgIpc) is 2.76. The smallest absolute Gasteiger partial charge is 0.182 e. The summed E-state index contributed by atoms with van der Waals surface area (Å²) < 4.78 is 1.72. The van der Waals surface area contributed by atoms with Crippen LogP contribution in [0.2, 0.25) is 0 Å². The minimum Gasteiger partial charge on any atom is -0.308 e. The molecule has 0 saturated heterocycles. The SMILES string of the molecule is CCc1nc(-c2ccn(C)n2)nc(NN)c1C. The van der Waals surface area contributed by atoms with E-state index in [1.807, 2.05) is 26.2 Å². The van der Waals surface area contributed by atoms with Gasteiger partial charge in [-0.3, -0.25) is 4.68 Å². The summed E-state index contributed by atoms with van der Waals surface area (Å²) in [7, 11) is 1.86. The predicted octanol–water partition coefficient (Wildman–Crippen LogP) is 1.03. The first kappa shape index (κ1) is 11.5. The largest absolute Gasteiger partial charge is 0.308 e. The number of nitrogens with zero attached hydrogens (tertiary/aromatic N) is 4. The molecular formula is C11H16N6. The summed E-state index contributed by atoms with van der Waals surface area (Å²) in [6.07, 6.45) is 2.70. The first-order valence-corrected chi connectivity index (χ1v) is 5.49. The van der Waals surface area contributed by atoms with E-state index in [-0.39, 0.29) is 0 Å². The van der Waals surface area contributed by atoms with Gasteiger partial charge < -0.3 is 5.43 Å². The second kappa shape index (κ2) is 4.50. The number of nitrogens with two attached hydrogens (primary N) is 1. The summed E-state index contributed by atoms with van der Waals surface area (Å²) in [6.45, 7) is 4.01. The van der Waals surface area contributed by atoms with Gasteiger partial charge in [0.05, 0.1) is 0 Å². The Kier molecular flexibility index (Phi) is 3.06. The number of rotatable bonds is 3. The Morgan fingerprint density at radius 3 is 2.71 bits per heavy atom. The van der Waals surface area contributed by atoms with Gasteiger partial charge in [-0.15, -0.1) is 0 Å². The Hall–Kier alpha value is -1.95. The van der Waals surface area contributed by atoms with Crippen LogP contribution in [-0.2, 0) is 13.5 Å². The van der Waals surface area contributed by atoms with Crippen molar-refractivity contribution in [2.45, 2.75) is 20.3 Å². The molecule has 2 aromatic rings. The van der Waals surface area contributed by atoms with Gasteiger partial charge in [0, 0.05) is 24.5 Å². The molecule has 90 valence electrons. The van der Waals surface area contributed by atoms with Crippen molar-refractivity contribution < 1.29 is 0 Å². The molecule has 0 bridgehead atoms. The molecule has 0 aromatic carbocycles. The Morgan fingerprint density at radius 2 is 2.18 bits per heavy atom. The molecular weight excluding hydrogens is 216 g/mol. The number of aryl methyl sites for hydroxylation is 2. The molecule has 17 heavy (non-hydrogen) atoms. The van der Waals surface area contributed by atoms with E-state index in [4.69, 9.17) is 5.84 Å². The first-order valence-electron chi connectivity index (χ1n) is 5.49. The molecule has 6 heteroatoms. The quantitative estimate of drug-likeness (QED) is 0.610. The van der Waals surface area contributed by atoms with Gasteiger partial charge in [0.15, 0.2) is 5.82 Å². The maximum atomic E-state index is 5.46. The number of hydrazine groups is 1. The highest BCUT2D eigenvalue weighted by atomic mass is 15.3. The van der Waals surface area contributed by atoms with Gasteiger partial charge >= 0.3 is 0 Å². The highest BCUT2D eigenvalue weighted by Crippen LogP contribution is 2.20. The summed E-state index contributed by atoms with van der Waals surface area (Å²) >= 11 is 0. The molecule has 0 amide bonds. The van der Waals surface area contributed by atoms with Crippen LogP contribution in [0.5, 0.6) is 0 Å². The molecule has 2 heterocycles. The summed E-state index contributed by atoms with van der Waals surface area (Å²) in [4.78, 5) is 8.86. The summed E-state index contributed by atoms with van der Waals surface area (Å²) in [5, 5.41) is 4.28. The van der Waals surface area contributed by atoms with E-state index in [0.717, 1.165) is 23.4 Å². The van der Waals surface area contributed by atoms with Crippen molar-refractivity contribution in [3.05, 3.63) is 23.5 Å². The maximum Gasteiger partial charge on any atom is 0.182 e. The molecule has 2 aromatic heterocycles. The topological polar surface area (TPSA) is 81.7 Å². The van der Waals surface area contributed by atoms with Crippen molar-refractivity contribution in [1.82, 2.24) is 19.7 Å². The van der Waals surface area contributed by atoms with Crippen LogP contribution in [0.25, 0.3) is 11.5 Å². The van der Waals surface area contributed by atoms with Crippen LogP contribution in [-0.4, -0.2) is 19.7 Å². The summed E-state index contributed by atoms with van der Waals surface area (Å²) in [6, 6.07) is 1.88. The van der Waals surface area contributed by atoms with Crippen LogP contribution in [0, 0.1) is 6.92 Å². The Morgan fingerprint density at radius 1 is 1.41 bits per heavy atom. The van der Waals surface area contributed by atoms with Gasteiger partial charge in [-0.05, 0) is 19.4 Å². The lowest BCUT2D eigenvalue weighted by Crippen LogP contribution is -2.13. The molecule has 3 N–H and O–H groups in total. The Bertz CT molecular complexity index is 506. The van der Waals surface area contributed by atoms with Crippen LogP contribution >= 0.6 is 0 Å². The van der Waals surface area contributed by atoms with Gasteiger partial charge in [-0.1, -0.05) is 6.92 Å². The van der Waals surface area contributed by atoms with Crippen molar-refractivity contribution >= 4 is 5.82 Å². The fourth-order valence-electron chi connectivity index (χ4n) is 1.70. The predicted molar refractivity (Wildman–Crippen MR) is 66.2 cm³/mol. The Balaban J connectivity index is 2.55. The van der Waals surface area contributed by atoms with E-state index in [2.05, 4.69) is 27.4 Å². The fraction of sp³-hybridized carbons (Fsp3) is 0.364. The minimum absolute atomic E-state index is 0.598. The van der Waals surface area contributed by atoms with Gasteiger partial charge in [0.2, 0.25) is 0 Å². The third-order valence-electron chi connectivity index (χ3n) is 2.66. The third kappa shape index (κ3) is 2.12. The van der Waals surface area contributed by atoms with E-state index >= 15 is 0 Å². The molecule has 0 spiro atoms. The molecule has 0 unspecified atom stereocenters. The van der Waals surface area contributed by atoms with E-state index < -0.39 is 0 Å². The van der Waals surface area contributed by atoms with Crippen molar-refractivity contribution in [2.24, 2.45) is 12.9 Å². The number of hydrogen-bond acceptors (Lipinski definition) is 5. The Labute approximate surface area is 99.9 Å². The van der Waals surface area contributed by atoms with Crippen LogP contribution in [0.1, 0.15) is 18.2 Å². The normalized spacial score (nSPS) is 10.6. The first-order chi connectivity index (χ1) is 8.15. The average molecular weight is 232 g/mol. The molecule has 0 aliphatic rings. The van der Waals surface area contributed by atoms with Gasteiger partial charge in [0.25, 0.3) is 0 Å². The molecule has 2 rings (SSSR count). The second-order valence-electron chi connectivity index (χ2n) is 3.84. The zero-order valence-corrected chi connectivity index (χ0v) is 10.2. The van der Waals surface area contributed by atoms with Crippen LogP contribution in [0.3, 0.4) is 0 Å². The highest BCUT2D eigenvalue weighted by molar-refractivity contribution is 5.55. The second-order valence-corrected chi connectivity index (χ2v) is 3.84. The number of nitrogens with one attached hydrogen (secondary N) is 1. The zero-order chi connectivity index (χ0) is 12.4.